The molecule has 0 aliphatic rings. The highest BCUT2D eigenvalue weighted by molar-refractivity contribution is 6.09. The van der Waals surface area contributed by atoms with E-state index in [0.29, 0.717) is 22.5 Å². The van der Waals surface area contributed by atoms with Gasteiger partial charge in [0.15, 0.2) is 5.82 Å². The minimum atomic E-state index is -0.617. The van der Waals surface area contributed by atoms with Crippen LogP contribution in [0.2, 0.25) is 0 Å². The summed E-state index contributed by atoms with van der Waals surface area (Å²) in [6, 6.07) is 11.4. The molecule has 0 fully saturated rings. The van der Waals surface area contributed by atoms with Crippen molar-refractivity contribution in [1.82, 2.24) is 19.5 Å². The number of rotatable bonds is 2. The Morgan fingerprint density at radius 1 is 1.27 bits per heavy atom. The second kappa shape index (κ2) is 6.88. The Labute approximate surface area is 173 Å². The summed E-state index contributed by atoms with van der Waals surface area (Å²) in [5.74, 6) is 0.417. The van der Waals surface area contributed by atoms with Crippen LogP contribution in [-0.2, 0) is 11.8 Å². The third-order valence-electron chi connectivity index (χ3n) is 4.73. The summed E-state index contributed by atoms with van der Waals surface area (Å²) in [4.78, 5) is 26.5. The molecule has 1 amide bonds. The number of aromatic nitrogens is 4. The standard InChI is InChI=1S/C22H22N6O2/c1-22(2,3)30-21(29)28(5)20-17-18(27(4)12-24-17)15-10-16(25-19(15)26-20)14-8-6-13(11-23)7-9-14/h6-10,12H,1-5H3,(H,25,26). The van der Waals surface area contributed by atoms with Gasteiger partial charge in [-0.25, -0.2) is 14.8 Å². The zero-order valence-electron chi connectivity index (χ0n) is 17.5. The van der Waals surface area contributed by atoms with E-state index in [2.05, 4.69) is 21.0 Å². The van der Waals surface area contributed by atoms with Crippen molar-refractivity contribution in [2.24, 2.45) is 7.05 Å². The maximum atomic E-state index is 12.6. The van der Waals surface area contributed by atoms with Gasteiger partial charge in [0.2, 0.25) is 0 Å². The first-order valence-electron chi connectivity index (χ1n) is 9.49. The van der Waals surface area contributed by atoms with E-state index < -0.39 is 11.7 Å². The summed E-state index contributed by atoms with van der Waals surface area (Å²) >= 11 is 0. The molecule has 3 heterocycles. The molecule has 30 heavy (non-hydrogen) atoms. The zero-order valence-corrected chi connectivity index (χ0v) is 17.5. The minimum absolute atomic E-state index is 0.417. The number of anilines is 1. The molecule has 0 aliphatic heterocycles. The molecule has 8 heteroatoms. The van der Waals surface area contributed by atoms with Crippen molar-refractivity contribution in [3.05, 3.63) is 42.2 Å². The van der Waals surface area contributed by atoms with Gasteiger partial charge in [-0.3, -0.25) is 4.90 Å². The predicted molar refractivity (Wildman–Crippen MR) is 115 cm³/mol. The highest BCUT2D eigenvalue weighted by Crippen LogP contribution is 2.33. The quantitative estimate of drug-likeness (QED) is 0.537. The highest BCUT2D eigenvalue weighted by Gasteiger charge is 2.25. The summed E-state index contributed by atoms with van der Waals surface area (Å²) < 4.78 is 7.40. The number of nitriles is 1. The molecule has 4 rings (SSSR count). The minimum Gasteiger partial charge on any atom is -0.443 e. The van der Waals surface area contributed by atoms with E-state index in [4.69, 9.17) is 10.00 Å². The summed E-state index contributed by atoms with van der Waals surface area (Å²) in [6.45, 7) is 5.46. The molecular weight excluding hydrogens is 380 g/mol. The lowest BCUT2D eigenvalue weighted by Gasteiger charge is -2.24. The normalized spacial score (nSPS) is 11.6. The SMILES string of the molecule is CN(C(=O)OC(C)(C)C)c1nc2[nH]c(-c3ccc(C#N)cc3)cc2c2c1ncn2C. The number of imidazole rings is 1. The molecule has 0 bridgehead atoms. The van der Waals surface area contributed by atoms with Gasteiger partial charge in [-0.05, 0) is 44.5 Å². The lowest BCUT2D eigenvalue weighted by Crippen LogP contribution is -2.34. The fourth-order valence-electron chi connectivity index (χ4n) is 3.31. The van der Waals surface area contributed by atoms with E-state index in [-0.39, 0.29) is 0 Å². The van der Waals surface area contributed by atoms with Crippen LogP contribution in [-0.4, -0.2) is 38.3 Å². The highest BCUT2D eigenvalue weighted by atomic mass is 16.6. The van der Waals surface area contributed by atoms with E-state index in [1.807, 2.05) is 50.6 Å². The van der Waals surface area contributed by atoms with Crippen LogP contribution in [0.1, 0.15) is 26.3 Å². The molecule has 0 radical (unpaired) electrons. The fraction of sp³-hybridized carbons (Fsp3) is 0.273. The van der Waals surface area contributed by atoms with Crippen LogP contribution in [0.4, 0.5) is 10.6 Å². The number of benzene rings is 1. The molecule has 1 aromatic carbocycles. The van der Waals surface area contributed by atoms with Crippen LogP contribution >= 0.6 is 0 Å². The van der Waals surface area contributed by atoms with Gasteiger partial charge in [0, 0.05) is 25.2 Å². The van der Waals surface area contributed by atoms with Gasteiger partial charge in [-0.15, -0.1) is 0 Å². The lowest BCUT2D eigenvalue weighted by molar-refractivity contribution is 0.0589. The molecule has 3 aromatic heterocycles. The number of carbonyl (C=O) groups excluding carboxylic acids is 1. The molecule has 0 spiro atoms. The third-order valence-corrected chi connectivity index (χ3v) is 4.73. The van der Waals surface area contributed by atoms with Crippen LogP contribution in [0.25, 0.3) is 33.3 Å². The van der Waals surface area contributed by atoms with E-state index >= 15 is 0 Å². The van der Waals surface area contributed by atoms with Crippen molar-refractivity contribution < 1.29 is 9.53 Å². The maximum absolute atomic E-state index is 12.6. The summed E-state index contributed by atoms with van der Waals surface area (Å²) in [7, 11) is 3.53. The fourth-order valence-corrected chi connectivity index (χ4v) is 3.31. The third kappa shape index (κ3) is 3.35. The number of amides is 1. The number of ether oxygens (including phenoxy) is 1. The second-order valence-corrected chi connectivity index (χ2v) is 8.16. The van der Waals surface area contributed by atoms with E-state index in [0.717, 1.165) is 22.2 Å². The number of carbonyl (C=O) groups is 1. The number of aromatic amines is 1. The van der Waals surface area contributed by atoms with Crippen molar-refractivity contribution in [3.8, 4) is 17.3 Å². The van der Waals surface area contributed by atoms with Crippen LogP contribution < -0.4 is 4.90 Å². The van der Waals surface area contributed by atoms with Gasteiger partial charge in [0.1, 0.15) is 16.8 Å². The number of pyridine rings is 1. The zero-order chi connectivity index (χ0) is 21.6. The number of hydrogen-bond donors (Lipinski definition) is 1. The number of aryl methyl sites for hydroxylation is 1. The predicted octanol–water partition coefficient (Wildman–Crippen LogP) is 4.36. The van der Waals surface area contributed by atoms with Gasteiger partial charge in [0.25, 0.3) is 0 Å². The number of fused-ring (bicyclic) bond motifs is 3. The van der Waals surface area contributed by atoms with Crippen molar-refractivity contribution in [3.63, 3.8) is 0 Å². The Kier molecular flexibility index (Phi) is 4.46. The average Bonchev–Trinajstić information content (AvgIpc) is 3.29. The van der Waals surface area contributed by atoms with Crippen molar-refractivity contribution in [2.75, 3.05) is 11.9 Å². The van der Waals surface area contributed by atoms with Crippen molar-refractivity contribution in [1.29, 1.82) is 5.26 Å². The number of nitrogens with zero attached hydrogens (tertiary/aromatic N) is 5. The molecular formula is C22H22N6O2. The molecule has 0 saturated heterocycles. The maximum Gasteiger partial charge on any atom is 0.415 e. The first-order valence-corrected chi connectivity index (χ1v) is 9.49. The second-order valence-electron chi connectivity index (χ2n) is 8.16. The van der Waals surface area contributed by atoms with Crippen LogP contribution in [0.5, 0.6) is 0 Å². The monoisotopic (exact) mass is 402 g/mol. The van der Waals surface area contributed by atoms with Crippen molar-refractivity contribution >= 4 is 34.0 Å². The first-order chi connectivity index (χ1) is 14.2. The van der Waals surface area contributed by atoms with Crippen LogP contribution in [0.3, 0.4) is 0 Å². The molecule has 4 aromatic rings. The Bertz CT molecular complexity index is 1300. The van der Waals surface area contributed by atoms with Gasteiger partial charge in [-0.1, -0.05) is 12.1 Å². The van der Waals surface area contributed by atoms with E-state index in [1.165, 1.54) is 4.90 Å². The number of hydrogen-bond acceptors (Lipinski definition) is 5. The molecule has 0 aliphatic carbocycles. The summed E-state index contributed by atoms with van der Waals surface area (Å²) in [6.07, 6.45) is 1.20. The molecule has 8 nitrogen and oxygen atoms in total. The van der Waals surface area contributed by atoms with Crippen molar-refractivity contribution in [2.45, 2.75) is 26.4 Å². The topological polar surface area (TPSA) is 99.8 Å². The first kappa shape index (κ1) is 19.5. The van der Waals surface area contributed by atoms with Gasteiger partial charge in [-0.2, -0.15) is 5.26 Å². The van der Waals surface area contributed by atoms with Crippen LogP contribution in [0.15, 0.2) is 36.7 Å². The summed E-state index contributed by atoms with van der Waals surface area (Å²) in [5.41, 5.74) is 3.89. The van der Waals surface area contributed by atoms with E-state index in [1.54, 1.807) is 25.5 Å². The lowest BCUT2D eigenvalue weighted by atomic mass is 10.1. The van der Waals surface area contributed by atoms with Crippen LogP contribution in [0, 0.1) is 11.3 Å². The Balaban J connectivity index is 1.86. The Morgan fingerprint density at radius 3 is 2.60 bits per heavy atom. The molecule has 0 unspecified atom stereocenters. The molecule has 0 atom stereocenters. The molecule has 0 saturated carbocycles. The van der Waals surface area contributed by atoms with E-state index in [9.17, 15) is 4.79 Å². The average molecular weight is 402 g/mol. The largest absolute Gasteiger partial charge is 0.443 e. The molecule has 1 N–H and O–H groups in total. The number of H-pyrrole nitrogens is 1. The van der Waals surface area contributed by atoms with Gasteiger partial charge < -0.3 is 14.3 Å². The smallest absolute Gasteiger partial charge is 0.415 e. The summed E-state index contributed by atoms with van der Waals surface area (Å²) in [5, 5.41) is 9.91. The molecule has 152 valence electrons. The van der Waals surface area contributed by atoms with Gasteiger partial charge in [0.05, 0.1) is 23.5 Å². The number of nitrogens with one attached hydrogen (secondary N) is 1. The Hall–Kier alpha value is -3.86. The Morgan fingerprint density at radius 2 is 1.97 bits per heavy atom. The van der Waals surface area contributed by atoms with Gasteiger partial charge >= 0.3 is 6.09 Å².